The molecule has 0 aliphatic heterocycles. The molecule has 10 nitrogen and oxygen atoms in total. The maximum Gasteiger partial charge on any atom is 0.261 e. The van der Waals surface area contributed by atoms with Gasteiger partial charge in [-0.1, -0.05) is 0 Å². The fourth-order valence-electron chi connectivity index (χ4n) is 4.03. The molecule has 3 heterocycles. The summed E-state index contributed by atoms with van der Waals surface area (Å²) in [7, 11) is 3.16. The molecule has 0 radical (unpaired) electrons. The van der Waals surface area contributed by atoms with E-state index in [2.05, 4.69) is 9.97 Å². The van der Waals surface area contributed by atoms with Gasteiger partial charge in [0.25, 0.3) is 5.56 Å². The highest BCUT2D eigenvalue weighted by atomic mass is 16.5. The summed E-state index contributed by atoms with van der Waals surface area (Å²) in [5.74, 6) is 2.42. The van der Waals surface area contributed by atoms with E-state index in [1.165, 1.54) is 0 Å². The third kappa shape index (κ3) is 4.18. The second-order valence-electron chi connectivity index (χ2n) is 8.10. The molecule has 0 amide bonds. The van der Waals surface area contributed by atoms with Crippen LogP contribution in [0.15, 0.2) is 59.7 Å². The van der Waals surface area contributed by atoms with E-state index in [9.17, 15) is 4.79 Å². The number of ether oxygens (including phenoxy) is 4. The highest BCUT2D eigenvalue weighted by Crippen LogP contribution is 2.37. The first kappa shape index (κ1) is 23.2. The van der Waals surface area contributed by atoms with Gasteiger partial charge in [0.05, 0.1) is 31.1 Å². The van der Waals surface area contributed by atoms with E-state index >= 15 is 0 Å². The molecule has 2 aromatic carbocycles. The quantitative estimate of drug-likeness (QED) is 0.315. The Morgan fingerprint density at radius 2 is 1.92 bits per heavy atom. The summed E-state index contributed by atoms with van der Waals surface area (Å²) in [5, 5.41) is 5.79. The molecule has 5 aromatic rings. The number of nitrogens with two attached hydrogens (primary N) is 1. The molecule has 0 aliphatic carbocycles. The highest BCUT2D eigenvalue weighted by molar-refractivity contribution is 6.07. The van der Waals surface area contributed by atoms with Crippen molar-refractivity contribution in [2.45, 2.75) is 6.92 Å². The summed E-state index contributed by atoms with van der Waals surface area (Å²) in [6.07, 6.45) is 3.29. The zero-order valence-electron chi connectivity index (χ0n) is 20.1. The number of nitrogens with one attached hydrogen (secondary N) is 1. The average Bonchev–Trinajstić information content (AvgIpc) is 3.22. The van der Waals surface area contributed by atoms with Gasteiger partial charge in [-0.05, 0) is 42.8 Å². The van der Waals surface area contributed by atoms with Gasteiger partial charge in [0.15, 0.2) is 11.5 Å². The largest absolute Gasteiger partial charge is 0.493 e. The van der Waals surface area contributed by atoms with Crippen molar-refractivity contribution < 1.29 is 18.9 Å². The number of aryl methyl sites for hydroxylation is 1. The first-order chi connectivity index (χ1) is 17.5. The van der Waals surface area contributed by atoms with Crippen molar-refractivity contribution in [3.8, 4) is 28.7 Å². The number of hydrogen-bond acceptors (Lipinski definition) is 8. The van der Waals surface area contributed by atoms with Gasteiger partial charge < -0.3 is 29.7 Å². The Labute approximate surface area is 206 Å². The fourth-order valence-corrected chi connectivity index (χ4v) is 4.03. The van der Waals surface area contributed by atoms with Crippen LogP contribution in [0.3, 0.4) is 0 Å². The number of benzene rings is 2. The van der Waals surface area contributed by atoms with Crippen molar-refractivity contribution in [3.63, 3.8) is 0 Å². The molecule has 0 saturated carbocycles. The van der Waals surface area contributed by atoms with E-state index in [0.29, 0.717) is 58.3 Å². The number of nitrogens with zero attached hydrogens (tertiary/aromatic N) is 3. The smallest absolute Gasteiger partial charge is 0.261 e. The van der Waals surface area contributed by atoms with E-state index in [4.69, 9.17) is 29.8 Å². The Balaban J connectivity index is 1.60. The summed E-state index contributed by atoms with van der Waals surface area (Å²) in [4.78, 5) is 20.0. The monoisotopic (exact) mass is 487 g/mol. The molecular weight excluding hydrogens is 462 g/mol. The predicted molar refractivity (Wildman–Crippen MR) is 137 cm³/mol. The zero-order chi connectivity index (χ0) is 25.2. The van der Waals surface area contributed by atoms with Crippen LogP contribution in [-0.4, -0.2) is 47.2 Å². The highest BCUT2D eigenvalue weighted by Gasteiger charge is 2.20. The number of pyridine rings is 2. The number of fused-ring (bicyclic) bond motifs is 3. The lowest BCUT2D eigenvalue weighted by Crippen LogP contribution is -2.09. The number of methoxy groups -OCH3 is 2. The molecular formula is C26H25N5O5. The number of hydrogen-bond donors (Lipinski definition) is 2. The third-order valence-corrected chi connectivity index (χ3v) is 5.77. The van der Waals surface area contributed by atoms with Crippen molar-refractivity contribution in [1.29, 1.82) is 0 Å². The third-order valence-electron chi connectivity index (χ3n) is 5.77. The maximum atomic E-state index is 13.0. The Morgan fingerprint density at radius 3 is 2.67 bits per heavy atom. The van der Waals surface area contributed by atoms with Crippen LogP contribution in [0.25, 0.3) is 27.5 Å². The normalized spacial score (nSPS) is 11.2. The van der Waals surface area contributed by atoms with Crippen molar-refractivity contribution in [2.24, 2.45) is 0 Å². The fraction of sp³-hybridized carbons (Fsp3) is 0.192. The minimum Gasteiger partial charge on any atom is -0.493 e. The SMILES string of the molecule is COCCOc1ccc2c(c1)[nH]c(=O)c1c(N)n(-c3cc(OC)c(Oc4cccnc4)cc3C)nc12. The molecule has 0 spiro atoms. The molecule has 0 unspecified atom stereocenters. The summed E-state index contributed by atoms with van der Waals surface area (Å²) in [6.45, 7) is 2.77. The van der Waals surface area contributed by atoms with Gasteiger partial charge in [0.1, 0.15) is 34.8 Å². The van der Waals surface area contributed by atoms with Gasteiger partial charge in [0.2, 0.25) is 0 Å². The van der Waals surface area contributed by atoms with Gasteiger partial charge in [-0.2, -0.15) is 5.10 Å². The topological polar surface area (TPSA) is 127 Å². The molecule has 0 aliphatic rings. The van der Waals surface area contributed by atoms with Crippen LogP contribution in [-0.2, 0) is 4.74 Å². The summed E-state index contributed by atoms with van der Waals surface area (Å²) in [5.41, 5.74) is 8.69. The van der Waals surface area contributed by atoms with Crippen LogP contribution in [0.4, 0.5) is 5.82 Å². The molecule has 5 rings (SSSR count). The summed E-state index contributed by atoms with van der Waals surface area (Å²) < 4.78 is 23.8. The van der Waals surface area contributed by atoms with Crippen molar-refractivity contribution >= 4 is 27.6 Å². The average molecular weight is 488 g/mol. The number of H-pyrrole nitrogens is 1. The van der Waals surface area contributed by atoms with E-state index in [1.807, 2.05) is 25.1 Å². The Kier molecular flexibility index (Phi) is 6.17. The van der Waals surface area contributed by atoms with Crippen LogP contribution in [0, 0.1) is 6.92 Å². The van der Waals surface area contributed by atoms with Crippen molar-refractivity contribution in [3.05, 3.63) is 70.8 Å². The van der Waals surface area contributed by atoms with Gasteiger partial charge in [-0.3, -0.25) is 9.78 Å². The minimum absolute atomic E-state index is 0.222. The zero-order valence-corrected chi connectivity index (χ0v) is 20.1. The number of nitrogen functional groups attached to an aromatic ring is 1. The van der Waals surface area contributed by atoms with E-state index in [1.54, 1.807) is 55.6 Å². The molecule has 184 valence electrons. The maximum absolute atomic E-state index is 13.0. The molecule has 3 N–H and O–H groups in total. The second-order valence-corrected chi connectivity index (χ2v) is 8.10. The molecule has 0 atom stereocenters. The Hall–Kier alpha value is -4.57. The first-order valence-electron chi connectivity index (χ1n) is 11.2. The molecule has 10 heteroatoms. The predicted octanol–water partition coefficient (Wildman–Crippen LogP) is 3.98. The lowest BCUT2D eigenvalue weighted by Gasteiger charge is -2.15. The summed E-state index contributed by atoms with van der Waals surface area (Å²) >= 11 is 0. The van der Waals surface area contributed by atoms with E-state index < -0.39 is 0 Å². The van der Waals surface area contributed by atoms with Crippen LogP contribution >= 0.6 is 0 Å². The van der Waals surface area contributed by atoms with Gasteiger partial charge in [0, 0.05) is 30.8 Å². The first-order valence-corrected chi connectivity index (χ1v) is 11.2. The standard InChI is InChI=1S/C26H25N5O5/c1-15-11-22(36-17-5-4-8-28-14-17)21(34-3)13-20(15)31-25(27)23-24(30-31)18-7-6-16(35-10-9-33-2)12-19(18)29-26(23)32/h4-8,11-14H,9-10,27H2,1-3H3,(H,29,32). The molecule has 0 saturated heterocycles. The molecule has 0 bridgehead atoms. The van der Waals surface area contributed by atoms with E-state index in [0.717, 1.165) is 10.9 Å². The Morgan fingerprint density at radius 1 is 1.06 bits per heavy atom. The second kappa shape index (κ2) is 9.59. The summed E-state index contributed by atoms with van der Waals surface area (Å²) in [6, 6.07) is 12.6. The number of rotatable bonds is 8. The van der Waals surface area contributed by atoms with Gasteiger partial charge in [-0.25, -0.2) is 4.68 Å². The minimum atomic E-state index is -0.337. The van der Waals surface area contributed by atoms with Crippen molar-refractivity contribution in [1.82, 2.24) is 19.7 Å². The lowest BCUT2D eigenvalue weighted by molar-refractivity contribution is 0.146. The van der Waals surface area contributed by atoms with E-state index in [-0.39, 0.29) is 11.4 Å². The van der Waals surface area contributed by atoms with Crippen LogP contribution in [0.5, 0.6) is 23.0 Å². The molecule has 0 fully saturated rings. The van der Waals surface area contributed by atoms with Crippen LogP contribution in [0.1, 0.15) is 5.56 Å². The molecule has 36 heavy (non-hydrogen) atoms. The van der Waals surface area contributed by atoms with Crippen LogP contribution in [0.2, 0.25) is 0 Å². The lowest BCUT2D eigenvalue weighted by atomic mass is 10.1. The van der Waals surface area contributed by atoms with Crippen LogP contribution < -0.4 is 25.5 Å². The Bertz CT molecular complexity index is 1610. The van der Waals surface area contributed by atoms with Crippen molar-refractivity contribution in [2.75, 3.05) is 33.2 Å². The number of anilines is 1. The number of aromatic amines is 1. The van der Waals surface area contributed by atoms with Gasteiger partial charge in [-0.15, -0.1) is 0 Å². The number of aromatic nitrogens is 4. The molecule has 3 aromatic heterocycles. The van der Waals surface area contributed by atoms with Gasteiger partial charge >= 0.3 is 0 Å².